The molecule has 77 heavy (non-hydrogen) atoms. The van der Waals surface area contributed by atoms with Crippen LogP contribution in [0.4, 0.5) is 0 Å². The number of unbranched alkanes of at least 4 members (excludes halogenated alkanes) is 23. The van der Waals surface area contributed by atoms with Crippen molar-refractivity contribution in [2.45, 2.75) is 276 Å². The second kappa shape index (κ2) is 66.0. The maximum absolute atomic E-state index is 12.5. The minimum Gasteiger partial charge on any atom is -0.394 e. The van der Waals surface area contributed by atoms with Crippen molar-refractivity contribution in [2.24, 2.45) is 0 Å². The van der Waals surface area contributed by atoms with Gasteiger partial charge in [0.05, 0.1) is 18.8 Å². The van der Waals surface area contributed by atoms with Crippen LogP contribution in [0, 0.1) is 0 Å². The molecule has 0 rings (SSSR count). The molecule has 0 aliphatic carbocycles. The van der Waals surface area contributed by atoms with Crippen LogP contribution in [0.3, 0.4) is 0 Å². The lowest BCUT2D eigenvalue weighted by molar-refractivity contribution is -0.123. The summed E-state index contributed by atoms with van der Waals surface area (Å²) in [5.41, 5.74) is 0. The largest absolute Gasteiger partial charge is 0.394 e. The number of carbonyl (C=O) groups is 1. The molecule has 0 heterocycles. The number of amides is 1. The van der Waals surface area contributed by atoms with Crippen molar-refractivity contribution in [3.8, 4) is 0 Å². The third-order valence-corrected chi connectivity index (χ3v) is 13.4. The molecule has 0 aliphatic rings. The smallest absolute Gasteiger partial charge is 0.220 e. The number of hydrogen-bond donors (Lipinski definition) is 3. The average molecular weight is 1060 g/mol. The zero-order valence-corrected chi connectivity index (χ0v) is 49.9. The summed E-state index contributed by atoms with van der Waals surface area (Å²) in [6.45, 7) is 4.17. The van der Waals surface area contributed by atoms with E-state index in [1.165, 1.54) is 122 Å². The highest BCUT2D eigenvalue weighted by atomic mass is 16.3. The van der Waals surface area contributed by atoms with Gasteiger partial charge in [-0.2, -0.15) is 0 Å². The van der Waals surface area contributed by atoms with Gasteiger partial charge in [-0.05, 0) is 128 Å². The zero-order valence-electron chi connectivity index (χ0n) is 49.9. The lowest BCUT2D eigenvalue weighted by Crippen LogP contribution is -2.45. The van der Waals surface area contributed by atoms with Crippen molar-refractivity contribution in [1.29, 1.82) is 0 Å². The Balaban J connectivity index is 3.72. The molecule has 0 saturated carbocycles. The molecule has 0 aromatic carbocycles. The summed E-state index contributed by atoms with van der Waals surface area (Å²) in [4.78, 5) is 12.5. The molecule has 0 fully saturated rings. The van der Waals surface area contributed by atoms with Gasteiger partial charge in [-0.3, -0.25) is 4.79 Å². The van der Waals surface area contributed by atoms with Crippen LogP contribution in [0.25, 0.3) is 0 Å². The van der Waals surface area contributed by atoms with Crippen molar-refractivity contribution in [3.63, 3.8) is 0 Å². The third kappa shape index (κ3) is 62.5. The van der Waals surface area contributed by atoms with Crippen LogP contribution >= 0.6 is 0 Å². The minimum atomic E-state index is -0.899. The van der Waals surface area contributed by atoms with Crippen LogP contribution in [0.5, 0.6) is 0 Å². The monoisotopic (exact) mass is 1060 g/mol. The number of hydrogen-bond acceptors (Lipinski definition) is 3. The van der Waals surface area contributed by atoms with E-state index in [1.807, 2.05) is 6.08 Å². The zero-order chi connectivity index (χ0) is 55.5. The van der Waals surface area contributed by atoms with Crippen molar-refractivity contribution >= 4 is 5.91 Å². The maximum atomic E-state index is 12.5. The first kappa shape index (κ1) is 72.8. The Morgan fingerprint density at radius 1 is 0.325 bits per heavy atom. The van der Waals surface area contributed by atoms with E-state index in [4.69, 9.17) is 0 Å². The van der Waals surface area contributed by atoms with E-state index >= 15 is 0 Å². The van der Waals surface area contributed by atoms with E-state index in [0.29, 0.717) is 6.42 Å². The Bertz CT molecular complexity index is 1670. The second-order valence-corrected chi connectivity index (χ2v) is 20.7. The van der Waals surface area contributed by atoms with E-state index in [2.05, 4.69) is 177 Å². The molecular formula is C73H119NO3. The maximum Gasteiger partial charge on any atom is 0.220 e. The highest BCUT2D eigenvalue weighted by molar-refractivity contribution is 5.76. The number of carbonyl (C=O) groups excluding carboxylic acids is 1. The van der Waals surface area contributed by atoms with Crippen LogP contribution in [0.15, 0.2) is 170 Å². The van der Waals surface area contributed by atoms with Gasteiger partial charge < -0.3 is 15.5 Å². The molecule has 1 amide bonds. The second-order valence-electron chi connectivity index (χ2n) is 20.7. The van der Waals surface area contributed by atoms with Gasteiger partial charge in [0.15, 0.2) is 0 Å². The summed E-state index contributed by atoms with van der Waals surface area (Å²) >= 11 is 0. The first-order valence-electron chi connectivity index (χ1n) is 31.8. The lowest BCUT2D eigenvalue weighted by Gasteiger charge is -2.19. The fourth-order valence-electron chi connectivity index (χ4n) is 8.63. The molecule has 0 aromatic rings. The SMILES string of the molecule is CC/C=C\C/C=C\C/C=C\C/C=C\C/C=C\C/C=C\C/C=C\C/C=C\C/C=C\C/C=C\C/C=C\CCCCCC(=O)NC(CO)C(O)/C=C/CC/C=C/CC/C=C/CCCCCCCCCCCCCCCCCCCC. The molecule has 3 N–H and O–H groups in total. The van der Waals surface area contributed by atoms with Gasteiger partial charge >= 0.3 is 0 Å². The third-order valence-electron chi connectivity index (χ3n) is 13.4. The van der Waals surface area contributed by atoms with Crippen LogP contribution in [0.1, 0.15) is 264 Å². The average Bonchev–Trinajstić information content (AvgIpc) is 3.43. The van der Waals surface area contributed by atoms with Crippen molar-refractivity contribution < 1.29 is 15.0 Å². The quantitative estimate of drug-likeness (QED) is 0.0420. The molecule has 0 saturated heterocycles. The molecular weight excluding hydrogens is 939 g/mol. The summed E-state index contributed by atoms with van der Waals surface area (Å²) in [6.07, 6.45) is 107. The van der Waals surface area contributed by atoms with Crippen molar-refractivity contribution in [3.05, 3.63) is 170 Å². The fraction of sp³-hybridized carbons (Fsp3) is 0.603. The molecule has 4 nitrogen and oxygen atoms in total. The van der Waals surface area contributed by atoms with E-state index < -0.39 is 12.1 Å². The number of aliphatic hydroxyl groups is 2. The Hall–Kier alpha value is -4.25. The first-order chi connectivity index (χ1) is 38.2. The Morgan fingerprint density at radius 3 is 0.909 bits per heavy atom. The molecule has 434 valence electrons. The number of rotatable bonds is 56. The van der Waals surface area contributed by atoms with Gasteiger partial charge in [0.2, 0.25) is 5.91 Å². The van der Waals surface area contributed by atoms with E-state index in [0.717, 1.165) is 122 Å². The Labute approximate surface area is 477 Å². The van der Waals surface area contributed by atoms with Crippen molar-refractivity contribution in [1.82, 2.24) is 5.32 Å². The standard InChI is InChI=1S/C73H119NO3/c1-3-5-7-9-11-13-15-17-19-21-23-25-27-29-31-33-34-35-36-37-38-39-40-41-43-45-47-49-51-53-55-57-59-61-63-65-67-69-73(77)74-71(70-75)72(76)68-66-64-62-60-58-56-54-52-50-48-46-44-42-32-30-28-26-24-22-20-18-16-14-12-10-8-6-4-2/h5,7,11,13,17,19,23,25,29,31,34-35,37-38,40-41,45,47,50-53,57-60,66,68,71-72,75-76H,3-4,6,8-10,12,14-16,18,20-22,24,26-28,30,32-33,36,39,42-44,46,48-49,54-56,61-65,67,69-70H2,1-2H3,(H,74,77)/b7-5-,13-11-,19-17-,25-23-,31-29-,35-34-,38-37-,41-40-,47-45-,52-50+,53-51-,59-57-,60-58+,68-66+. The highest BCUT2D eigenvalue weighted by Gasteiger charge is 2.17. The topological polar surface area (TPSA) is 69.6 Å². The van der Waals surface area contributed by atoms with Crippen molar-refractivity contribution in [2.75, 3.05) is 6.61 Å². The van der Waals surface area contributed by atoms with Gasteiger partial charge in [0.25, 0.3) is 0 Å². The predicted octanol–water partition coefficient (Wildman–Crippen LogP) is 21.9. The minimum absolute atomic E-state index is 0.116. The van der Waals surface area contributed by atoms with Crippen LogP contribution in [0.2, 0.25) is 0 Å². The van der Waals surface area contributed by atoms with Gasteiger partial charge in [-0.15, -0.1) is 0 Å². The summed E-state index contributed by atoms with van der Waals surface area (Å²) in [7, 11) is 0. The number of nitrogens with one attached hydrogen (secondary N) is 1. The number of aliphatic hydroxyl groups excluding tert-OH is 2. The van der Waals surface area contributed by atoms with E-state index in [1.54, 1.807) is 6.08 Å². The van der Waals surface area contributed by atoms with Crippen LogP contribution in [-0.2, 0) is 4.79 Å². The fourth-order valence-corrected chi connectivity index (χ4v) is 8.63. The Kier molecular flexibility index (Phi) is 62.4. The molecule has 0 aromatic heterocycles. The van der Waals surface area contributed by atoms with Gasteiger partial charge in [-0.25, -0.2) is 0 Å². The molecule has 0 radical (unpaired) electrons. The summed E-state index contributed by atoms with van der Waals surface area (Å²) in [6, 6.07) is -0.679. The normalized spacial score (nSPS) is 14.0. The first-order valence-corrected chi connectivity index (χ1v) is 31.8. The van der Waals surface area contributed by atoms with Crippen LogP contribution < -0.4 is 5.32 Å². The predicted molar refractivity (Wildman–Crippen MR) is 344 cm³/mol. The Morgan fingerprint density at radius 2 is 0.584 bits per heavy atom. The van der Waals surface area contributed by atoms with E-state index in [-0.39, 0.29) is 12.5 Å². The molecule has 0 bridgehead atoms. The van der Waals surface area contributed by atoms with Gasteiger partial charge in [0.1, 0.15) is 0 Å². The highest BCUT2D eigenvalue weighted by Crippen LogP contribution is 2.15. The molecule has 0 aliphatic heterocycles. The lowest BCUT2D eigenvalue weighted by atomic mass is 10.0. The van der Waals surface area contributed by atoms with E-state index in [9.17, 15) is 15.0 Å². The molecule has 4 heteroatoms. The number of allylic oxidation sites excluding steroid dienone is 27. The molecule has 2 atom stereocenters. The van der Waals surface area contributed by atoms with Gasteiger partial charge in [-0.1, -0.05) is 300 Å². The summed E-state index contributed by atoms with van der Waals surface area (Å²) in [5, 5.41) is 23.2. The molecule has 0 spiro atoms. The van der Waals surface area contributed by atoms with Gasteiger partial charge in [0, 0.05) is 6.42 Å². The van der Waals surface area contributed by atoms with Crippen LogP contribution in [-0.4, -0.2) is 34.9 Å². The summed E-state index contributed by atoms with van der Waals surface area (Å²) in [5.74, 6) is -0.116. The molecule has 2 unspecified atom stereocenters. The summed E-state index contributed by atoms with van der Waals surface area (Å²) < 4.78 is 0.